The standard InChI is InChI=1S/C12H19ClN2/c1-2-3-6-10(9-14)15-12-8-5-4-7-11(12)13/h4-5,7-8,10,15H,2-3,6,9,14H2,1H3. The lowest BCUT2D eigenvalue weighted by Crippen LogP contribution is -2.28. The van der Waals surface area contributed by atoms with Gasteiger partial charge in [0.05, 0.1) is 10.7 Å². The topological polar surface area (TPSA) is 38.0 Å². The third-order valence-corrected chi connectivity index (χ3v) is 2.75. The average molecular weight is 227 g/mol. The van der Waals surface area contributed by atoms with E-state index < -0.39 is 0 Å². The minimum atomic E-state index is 0.324. The first-order valence-corrected chi connectivity index (χ1v) is 5.86. The van der Waals surface area contributed by atoms with Crippen molar-refractivity contribution in [2.24, 2.45) is 5.73 Å². The fourth-order valence-electron chi connectivity index (χ4n) is 1.50. The molecule has 1 unspecified atom stereocenters. The Morgan fingerprint density at radius 1 is 1.40 bits per heavy atom. The zero-order chi connectivity index (χ0) is 11.1. The fraction of sp³-hybridized carbons (Fsp3) is 0.500. The maximum absolute atomic E-state index is 6.06. The molecule has 1 aromatic carbocycles. The second kappa shape index (κ2) is 6.70. The molecular weight excluding hydrogens is 208 g/mol. The van der Waals surface area contributed by atoms with Crippen LogP contribution in [0.1, 0.15) is 26.2 Å². The Morgan fingerprint density at radius 2 is 2.13 bits per heavy atom. The van der Waals surface area contributed by atoms with Crippen molar-refractivity contribution in [3.8, 4) is 0 Å². The summed E-state index contributed by atoms with van der Waals surface area (Å²) in [5.74, 6) is 0. The van der Waals surface area contributed by atoms with Gasteiger partial charge in [0.2, 0.25) is 0 Å². The number of anilines is 1. The van der Waals surface area contributed by atoms with Crippen molar-refractivity contribution in [1.29, 1.82) is 0 Å². The van der Waals surface area contributed by atoms with E-state index in [1.165, 1.54) is 12.8 Å². The van der Waals surface area contributed by atoms with Gasteiger partial charge in [0, 0.05) is 12.6 Å². The Balaban J connectivity index is 2.54. The molecule has 1 atom stereocenters. The van der Waals surface area contributed by atoms with Crippen LogP contribution in [-0.2, 0) is 0 Å². The van der Waals surface area contributed by atoms with Gasteiger partial charge in [-0.2, -0.15) is 0 Å². The Morgan fingerprint density at radius 3 is 2.73 bits per heavy atom. The first-order valence-electron chi connectivity index (χ1n) is 5.49. The van der Waals surface area contributed by atoms with E-state index >= 15 is 0 Å². The molecule has 0 aliphatic rings. The number of hydrogen-bond donors (Lipinski definition) is 2. The first-order chi connectivity index (χ1) is 7.27. The molecule has 0 saturated carbocycles. The van der Waals surface area contributed by atoms with Crippen LogP contribution in [0.15, 0.2) is 24.3 Å². The minimum Gasteiger partial charge on any atom is -0.380 e. The normalized spacial score (nSPS) is 12.5. The lowest BCUT2D eigenvalue weighted by Gasteiger charge is -2.18. The van der Waals surface area contributed by atoms with Gasteiger partial charge in [-0.15, -0.1) is 0 Å². The summed E-state index contributed by atoms with van der Waals surface area (Å²) >= 11 is 6.06. The van der Waals surface area contributed by atoms with Crippen LogP contribution in [0.3, 0.4) is 0 Å². The molecule has 0 amide bonds. The smallest absolute Gasteiger partial charge is 0.0637 e. The lowest BCUT2D eigenvalue weighted by atomic mass is 10.1. The van der Waals surface area contributed by atoms with Gasteiger partial charge in [-0.05, 0) is 18.6 Å². The summed E-state index contributed by atoms with van der Waals surface area (Å²) in [6.45, 7) is 2.83. The lowest BCUT2D eigenvalue weighted by molar-refractivity contribution is 0.614. The molecule has 0 bridgehead atoms. The van der Waals surface area contributed by atoms with E-state index in [-0.39, 0.29) is 0 Å². The second-order valence-corrected chi connectivity index (χ2v) is 4.11. The van der Waals surface area contributed by atoms with Crippen molar-refractivity contribution in [3.05, 3.63) is 29.3 Å². The van der Waals surface area contributed by atoms with Gasteiger partial charge in [-0.3, -0.25) is 0 Å². The van der Waals surface area contributed by atoms with Gasteiger partial charge in [-0.25, -0.2) is 0 Å². The number of rotatable bonds is 6. The van der Waals surface area contributed by atoms with Crippen molar-refractivity contribution >= 4 is 17.3 Å². The highest BCUT2D eigenvalue weighted by Crippen LogP contribution is 2.21. The van der Waals surface area contributed by atoms with E-state index in [1.807, 2.05) is 24.3 Å². The maximum atomic E-state index is 6.06. The van der Waals surface area contributed by atoms with Crippen molar-refractivity contribution in [2.45, 2.75) is 32.2 Å². The molecule has 15 heavy (non-hydrogen) atoms. The highest BCUT2D eigenvalue weighted by molar-refractivity contribution is 6.33. The Hall–Kier alpha value is -0.730. The van der Waals surface area contributed by atoms with E-state index in [9.17, 15) is 0 Å². The number of unbranched alkanes of at least 4 members (excludes halogenated alkanes) is 1. The zero-order valence-corrected chi connectivity index (χ0v) is 9.93. The number of hydrogen-bond acceptors (Lipinski definition) is 2. The van der Waals surface area contributed by atoms with Crippen LogP contribution in [0, 0.1) is 0 Å². The fourth-order valence-corrected chi connectivity index (χ4v) is 1.69. The van der Waals surface area contributed by atoms with Gasteiger partial charge >= 0.3 is 0 Å². The monoisotopic (exact) mass is 226 g/mol. The Labute approximate surface area is 96.8 Å². The highest BCUT2D eigenvalue weighted by atomic mass is 35.5. The van der Waals surface area contributed by atoms with Crippen LogP contribution in [0.4, 0.5) is 5.69 Å². The summed E-state index contributed by atoms with van der Waals surface area (Å²) in [6.07, 6.45) is 3.48. The van der Waals surface area contributed by atoms with Gasteiger partial charge in [0.25, 0.3) is 0 Å². The molecule has 3 N–H and O–H groups in total. The average Bonchev–Trinajstić information content (AvgIpc) is 2.26. The summed E-state index contributed by atoms with van der Waals surface area (Å²) in [7, 11) is 0. The maximum Gasteiger partial charge on any atom is 0.0637 e. The van der Waals surface area contributed by atoms with Crippen LogP contribution >= 0.6 is 11.6 Å². The predicted octanol–water partition coefficient (Wildman–Crippen LogP) is 3.27. The van der Waals surface area contributed by atoms with Crippen LogP contribution in [0.2, 0.25) is 5.02 Å². The number of nitrogens with one attached hydrogen (secondary N) is 1. The summed E-state index contributed by atoms with van der Waals surface area (Å²) in [5, 5.41) is 4.13. The molecule has 0 radical (unpaired) electrons. The molecule has 1 rings (SSSR count). The van der Waals surface area contributed by atoms with Crippen molar-refractivity contribution < 1.29 is 0 Å². The minimum absolute atomic E-state index is 0.324. The van der Waals surface area contributed by atoms with Gasteiger partial charge in [0.15, 0.2) is 0 Å². The predicted molar refractivity (Wildman–Crippen MR) is 67.4 cm³/mol. The molecule has 84 valence electrons. The zero-order valence-electron chi connectivity index (χ0n) is 9.17. The van der Waals surface area contributed by atoms with Gasteiger partial charge in [0.1, 0.15) is 0 Å². The summed E-state index contributed by atoms with van der Waals surface area (Å²) in [6, 6.07) is 8.09. The molecule has 2 nitrogen and oxygen atoms in total. The molecule has 0 heterocycles. The van der Waals surface area contributed by atoms with Crippen LogP contribution in [0.5, 0.6) is 0 Å². The van der Waals surface area contributed by atoms with Crippen molar-refractivity contribution in [3.63, 3.8) is 0 Å². The molecule has 0 fully saturated rings. The Bertz CT molecular complexity index is 289. The SMILES string of the molecule is CCCCC(CN)Nc1ccccc1Cl. The number of nitrogens with two attached hydrogens (primary N) is 1. The second-order valence-electron chi connectivity index (χ2n) is 3.70. The quantitative estimate of drug-likeness (QED) is 0.782. The van der Waals surface area contributed by atoms with Crippen LogP contribution in [0.25, 0.3) is 0 Å². The van der Waals surface area contributed by atoms with Crippen molar-refractivity contribution in [2.75, 3.05) is 11.9 Å². The molecule has 0 spiro atoms. The largest absolute Gasteiger partial charge is 0.380 e. The summed E-state index contributed by atoms with van der Waals surface area (Å²) in [5.41, 5.74) is 6.68. The van der Waals surface area contributed by atoms with E-state index in [0.29, 0.717) is 12.6 Å². The molecule has 1 aromatic rings. The Kier molecular flexibility index (Phi) is 5.51. The van der Waals surface area contributed by atoms with E-state index in [2.05, 4.69) is 12.2 Å². The molecule has 0 saturated heterocycles. The van der Waals surface area contributed by atoms with E-state index in [4.69, 9.17) is 17.3 Å². The molecule has 3 heteroatoms. The van der Waals surface area contributed by atoms with E-state index in [0.717, 1.165) is 17.1 Å². The molecule has 0 aliphatic heterocycles. The van der Waals surface area contributed by atoms with Crippen LogP contribution < -0.4 is 11.1 Å². The third kappa shape index (κ3) is 4.10. The number of para-hydroxylation sites is 1. The summed E-state index contributed by atoms with van der Waals surface area (Å²) < 4.78 is 0. The highest BCUT2D eigenvalue weighted by Gasteiger charge is 2.07. The molecular formula is C12H19ClN2. The van der Waals surface area contributed by atoms with Gasteiger partial charge in [-0.1, -0.05) is 43.5 Å². The summed E-state index contributed by atoms with van der Waals surface area (Å²) in [4.78, 5) is 0. The third-order valence-electron chi connectivity index (χ3n) is 2.42. The van der Waals surface area contributed by atoms with Crippen LogP contribution in [-0.4, -0.2) is 12.6 Å². The number of halogens is 1. The van der Waals surface area contributed by atoms with Gasteiger partial charge < -0.3 is 11.1 Å². The first kappa shape index (κ1) is 12.3. The number of benzene rings is 1. The van der Waals surface area contributed by atoms with E-state index in [1.54, 1.807) is 0 Å². The van der Waals surface area contributed by atoms with Crippen molar-refractivity contribution in [1.82, 2.24) is 0 Å². The molecule has 0 aromatic heterocycles. The molecule has 0 aliphatic carbocycles.